The van der Waals surface area contributed by atoms with Crippen LogP contribution in [0, 0.1) is 0 Å². The van der Waals surface area contributed by atoms with Crippen LogP contribution in [0.5, 0.6) is 0 Å². The van der Waals surface area contributed by atoms with Crippen molar-refractivity contribution in [3.63, 3.8) is 0 Å². The Morgan fingerprint density at radius 2 is 1.94 bits per heavy atom. The molecule has 7 heteroatoms. The Kier molecular flexibility index (Phi) is 5.26. The van der Waals surface area contributed by atoms with Gasteiger partial charge < -0.3 is 5.11 Å². The highest BCUT2D eigenvalue weighted by atomic mass is 32.2. The van der Waals surface area contributed by atoms with Gasteiger partial charge in [-0.3, -0.25) is 9.63 Å². The van der Waals surface area contributed by atoms with Crippen molar-refractivity contribution in [2.24, 2.45) is 0 Å². The Labute approximate surface area is 106 Å². The lowest BCUT2D eigenvalue weighted by Crippen LogP contribution is -2.23. The Morgan fingerprint density at radius 1 is 1.33 bits per heavy atom. The number of aliphatic carboxylic acids is 1. The number of nitrogens with one attached hydrogen (secondary N) is 1. The predicted octanol–water partition coefficient (Wildman–Crippen LogP) is 0.934. The third-order valence-electron chi connectivity index (χ3n) is 2.17. The summed E-state index contributed by atoms with van der Waals surface area (Å²) in [4.78, 5) is 17.1. The van der Waals surface area contributed by atoms with Crippen LogP contribution in [0.2, 0.25) is 0 Å². The van der Waals surface area contributed by atoms with Crippen LogP contribution in [0.25, 0.3) is 0 Å². The molecular weight excluding hydrogens is 258 g/mol. The standard InChI is InChI=1S/C11H15NO5S/c1-2-17-12-18(15,16)10-6-3-9(4-7-10)5-8-11(13)14/h3-4,6-7,12H,2,5,8H2,1H3,(H,13,14). The van der Waals surface area contributed by atoms with Gasteiger partial charge in [0.2, 0.25) is 0 Å². The summed E-state index contributed by atoms with van der Waals surface area (Å²) < 4.78 is 23.3. The van der Waals surface area contributed by atoms with Gasteiger partial charge in [0.15, 0.2) is 0 Å². The van der Waals surface area contributed by atoms with Gasteiger partial charge in [-0.1, -0.05) is 17.0 Å². The van der Waals surface area contributed by atoms with E-state index in [0.29, 0.717) is 6.42 Å². The first-order chi connectivity index (χ1) is 8.45. The molecule has 18 heavy (non-hydrogen) atoms. The van der Waals surface area contributed by atoms with E-state index in [1.807, 2.05) is 4.89 Å². The van der Waals surface area contributed by atoms with Gasteiger partial charge in [-0.25, -0.2) is 8.42 Å². The molecule has 0 spiro atoms. The Hall–Kier alpha value is -1.44. The van der Waals surface area contributed by atoms with Gasteiger partial charge in [-0.2, -0.15) is 0 Å². The summed E-state index contributed by atoms with van der Waals surface area (Å²) in [5.41, 5.74) is 0.771. The van der Waals surface area contributed by atoms with Crippen molar-refractivity contribution in [3.05, 3.63) is 29.8 Å². The smallest absolute Gasteiger partial charge is 0.303 e. The van der Waals surface area contributed by atoms with E-state index >= 15 is 0 Å². The third-order valence-corrected chi connectivity index (χ3v) is 3.40. The number of aryl methyl sites for hydroxylation is 1. The molecule has 1 aromatic carbocycles. The van der Waals surface area contributed by atoms with E-state index in [1.165, 1.54) is 12.1 Å². The Bertz CT molecular complexity index is 495. The van der Waals surface area contributed by atoms with Crippen molar-refractivity contribution in [3.8, 4) is 0 Å². The summed E-state index contributed by atoms with van der Waals surface area (Å²) in [5, 5.41) is 8.53. The molecule has 0 amide bonds. The molecule has 6 nitrogen and oxygen atoms in total. The number of carbonyl (C=O) groups is 1. The summed E-state index contributed by atoms with van der Waals surface area (Å²) in [7, 11) is -3.66. The second-order valence-electron chi connectivity index (χ2n) is 3.56. The number of hydrogen-bond donors (Lipinski definition) is 2. The van der Waals surface area contributed by atoms with Crippen LogP contribution < -0.4 is 4.89 Å². The van der Waals surface area contributed by atoms with Crippen molar-refractivity contribution in [2.45, 2.75) is 24.7 Å². The molecule has 0 heterocycles. The van der Waals surface area contributed by atoms with Crippen molar-refractivity contribution < 1.29 is 23.2 Å². The monoisotopic (exact) mass is 273 g/mol. The minimum Gasteiger partial charge on any atom is -0.481 e. The molecule has 0 aromatic heterocycles. The largest absolute Gasteiger partial charge is 0.481 e. The zero-order chi connectivity index (χ0) is 13.6. The van der Waals surface area contributed by atoms with Crippen LogP contribution in [0.3, 0.4) is 0 Å². The fourth-order valence-electron chi connectivity index (χ4n) is 1.27. The Morgan fingerprint density at radius 3 is 2.44 bits per heavy atom. The molecule has 0 bridgehead atoms. The van der Waals surface area contributed by atoms with E-state index in [9.17, 15) is 13.2 Å². The fraction of sp³-hybridized carbons (Fsp3) is 0.364. The van der Waals surface area contributed by atoms with Crippen molar-refractivity contribution in [1.82, 2.24) is 4.89 Å². The predicted molar refractivity (Wildman–Crippen MR) is 64.3 cm³/mol. The molecule has 0 saturated carbocycles. The molecule has 1 aromatic rings. The van der Waals surface area contributed by atoms with Crippen molar-refractivity contribution >= 4 is 16.0 Å². The van der Waals surface area contributed by atoms with E-state index in [1.54, 1.807) is 19.1 Å². The first kappa shape index (κ1) is 14.6. The second-order valence-corrected chi connectivity index (χ2v) is 5.20. The average Bonchev–Trinajstić information content (AvgIpc) is 2.34. The molecule has 0 radical (unpaired) electrons. The summed E-state index contributed by atoms with van der Waals surface area (Å²) in [6.07, 6.45) is 0.387. The molecule has 0 aliphatic heterocycles. The Balaban J connectivity index is 2.73. The van der Waals surface area contributed by atoms with Gasteiger partial charge in [-0.15, -0.1) is 0 Å². The quantitative estimate of drug-likeness (QED) is 0.721. The lowest BCUT2D eigenvalue weighted by Gasteiger charge is -2.06. The molecule has 0 aliphatic rings. The maximum Gasteiger partial charge on any atom is 0.303 e. The topological polar surface area (TPSA) is 92.7 Å². The molecule has 0 fully saturated rings. The maximum atomic E-state index is 11.6. The van der Waals surface area contributed by atoms with Gasteiger partial charge >= 0.3 is 5.97 Å². The lowest BCUT2D eigenvalue weighted by atomic mass is 10.1. The molecule has 2 N–H and O–H groups in total. The third kappa shape index (κ3) is 4.44. The van der Waals surface area contributed by atoms with E-state index in [0.717, 1.165) is 5.56 Å². The van der Waals surface area contributed by atoms with Gasteiger partial charge in [-0.05, 0) is 31.0 Å². The van der Waals surface area contributed by atoms with E-state index in [-0.39, 0.29) is 17.9 Å². The van der Waals surface area contributed by atoms with Crippen LogP contribution in [0.15, 0.2) is 29.2 Å². The van der Waals surface area contributed by atoms with Crippen LogP contribution in [0.4, 0.5) is 0 Å². The van der Waals surface area contributed by atoms with E-state index in [2.05, 4.69) is 4.84 Å². The van der Waals surface area contributed by atoms with Crippen LogP contribution in [0.1, 0.15) is 18.9 Å². The number of rotatable bonds is 7. The number of carboxylic acid groups (broad SMARTS) is 1. The molecule has 0 saturated heterocycles. The SMILES string of the molecule is CCONS(=O)(=O)c1ccc(CCC(=O)O)cc1. The number of sulfonamides is 1. The summed E-state index contributed by atoms with van der Waals surface area (Å²) in [6.45, 7) is 1.90. The highest BCUT2D eigenvalue weighted by Gasteiger charge is 2.13. The first-order valence-electron chi connectivity index (χ1n) is 5.40. The highest BCUT2D eigenvalue weighted by molar-refractivity contribution is 7.89. The number of carboxylic acids is 1. The summed E-state index contributed by atoms with van der Waals surface area (Å²) in [5.74, 6) is -0.885. The molecule has 0 atom stereocenters. The minimum atomic E-state index is -3.66. The molecule has 100 valence electrons. The molecule has 0 aliphatic carbocycles. The molecule has 1 rings (SSSR count). The second kappa shape index (κ2) is 6.48. The van der Waals surface area contributed by atoms with Crippen LogP contribution >= 0.6 is 0 Å². The van der Waals surface area contributed by atoms with Gasteiger partial charge in [0.25, 0.3) is 10.0 Å². The van der Waals surface area contributed by atoms with Gasteiger partial charge in [0.1, 0.15) is 0 Å². The molecule has 0 unspecified atom stereocenters. The average molecular weight is 273 g/mol. The highest BCUT2D eigenvalue weighted by Crippen LogP contribution is 2.11. The fourth-order valence-corrected chi connectivity index (χ4v) is 2.13. The van der Waals surface area contributed by atoms with Crippen LogP contribution in [-0.4, -0.2) is 26.1 Å². The number of hydrogen-bond acceptors (Lipinski definition) is 4. The lowest BCUT2D eigenvalue weighted by molar-refractivity contribution is -0.136. The van der Waals surface area contributed by atoms with E-state index in [4.69, 9.17) is 5.11 Å². The summed E-state index contributed by atoms with van der Waals surface area (Å²) in [6, 6.07) is 6.00. The first-order valence-corrected chi connectivity index (χ1v) is 6.88. The summed E-state index contributed by atoms with van der Waals surface area (Å²) >= 11 is 0. The minimum absolute atomic E-state index is 0.0172. The number of benzene rings is 1. The van der Waals surface area contributed by atoms with Gasteiger partial charge in [0, 0.05) is 6.42 Å². The zero-order valence-corrected chi connectivity index (χ0v) is 10.7. The van der Waals surface area contributed by atoms with Crippen molar-refractivity contribution in [2.75, 3.05) is 6.61 Å². The zero-order valence-electron chi connectivity index (χ0n) is 9.92. The van der Waals surface area contributed by atoms with Gasteiger partial charge in [0.05, 0.1) is 11.5 Å². The maximum absolute atomic E-state index is 11.6. The van der Waals surface area contributed by atoms with Crippen molar-refractivity contribution in [1.29, 1.82) is 0 Å². The molecular formula is C11H15NO5S. The normalized spacial score (nSPS) is 11.4. The van der Waals surface area contributed by atoms with Crippen LogP contribution in [-0.2, 0) is 26.1 Å². The van der Waals surface area contributed by atoms with E-state index < -0.39 is 16.0 Å².